The topological polar surface area (TPSA) is 143 Å². The number of imide groups is 2. The van der Waals surface area contributed by atoms with Crippen LogP contribution < -0.4 is 21.7 Å². The zero-order valence-corrected chi connectivity index (χ0v) is 17.4. The van der Waals surface area contributed by atoms with Crippen LogP contribution in [0.2, 0.25) is 0 Å². The van der Waals surface area contributed by atoms with E-state index in [0.29, 0.717) is 11.4 Å². The number of carbonyl (C=O) groups excluding carboxylic acids is 3. The van der Waals surface area contributed by atoms with Gasteiger partial charge in [-0.1, -0.05) is 18.2 Å². The first kappa shape index (κ1) is 22.2. The first-order valence-electron chi connectivity index (χ1n) is 9.68. The summed E-state index contributed by atoms with van der Waals surface area (Å²) >= 11 is 0. The van der Waals surface area contributed by atoms with Crippen molar-refractivity contribution >= 4 is 46.3 Å². The molecule has 3 aromatic carbocycles. The summed E-state index contributed by atoms with van der Waals surface area (Å²) in [6.45, 7) is 1.95. The fourth-order valence-electron chi connectivity index (χ4n) is 2.83. The lowest BCUT2D eigenvalue weighted by Crippen LogP contribution is -2.52. The second-order valence-electron chi connectivity index (χ2n) is 6.93. The number of carbonyl (C=O) groups is 3. The number of hydrogen-bond donors (Lipinski definition) is 3. The molecule has 1 saturated heterocycles. The molecule has 5 N–H and O–H groups in total. The van der Waals surface area contributed by atoms with Gasteiger partial charge in [0.05, 0.1) is 17.1 Å². The summed E-state index contributed by atoms with van der Waals surface area (Å²) in [5.41, 5.74) is 15.8. The number of azo groups is 1. The average molecular weight is 430 g/mol. The van der Waals surface area contributed by atoms with Crippen molar-refractivity contribution < 1.29 is 14.4 Å². The molecule has 0 atom stereocenters. The minimum atomic E-state index is -0.692. The number of anilines is 3. The maximum absolute atomic E-state index is 11.5. The molecule has 0 spiro atoms. The molecule has 9 heteroatoms. The molecule has 4 amide bonds. The highest BCUT2D eigenvalue weighted by atomic mass is 16.2. The molecule has 0 aliphatic carbocycles. The summed E-state index contributed by atoms with van der Waals surface area (Å²) in [6, 6.07) is 20.6. The van der Waals surface area contributed by atoms with Crippen LogP contribution in [0.25, 0.3) is 0 Å². The lowest BCUT2D eigenvalue weighted by Gasteiger charge is -2.24. The summed E-state index contributed by atoms with van der Waals surface area (Å²) in [5.74, 6) is -1.06. The van der Waals surface area contributed by atoms with E-state index in [4.69, 9.17) is 11.5 Å². The number of nitrogens with one attached hydrogen (secondary N) is 1. The summed E-state index contributed by atoms with van der Waals surface area (Å²) in [6.07, 6.45) is -0.291. The van der Waals surface area contributed by atoms with Crippen LogP contribution in [0.1, 0.15) is 12.0 Å². The van der Waals surface area contributed by atoms with Gasteiger partial charge in [-0.15, -0.1) is 0 Å². The number of amides is 4. The molecule has 1 heterocycles. The second-order valence-corrected chi connectivity index (χ2v) is 6.93. The Kier molecular flexibility index (Phi) is 6.92. The van der Waals surface area contributed by atoms with Gasteiger partial charge in [0.25, 0.3) is 0 Å². The monoisotopic (exact) mass is 430 g/mol. The SMILES string of the molecule is Cc1cc(N)ccc1/N=N/c1ccc(N)cc1.O=C1CC(=O)N(c2ccccc2)C(=O)N1. The van der Waals surface area contributed by atoms with Gasteiger partial charge in [0.1, 0.15) is 6.42 Å². The van der Waals surface area contributed by atoms with Crippen molar-refractivity contribution in [2.45, 2.75) is 13.3 Å². The fraction of sp³-hybridized carbons (Fsp3) is 0.0870. The lowest BCUT2D eigenvalue weighted by atomic mass is 10.2. The van der Waals surface area contributed by atoms with E-state index in [2.05, 4.69) is 15.5 Å². The van der Waals surface area contributed by atoms with Gasteiger partial charge in [-0.25, -0.2) is 9.69 Å². The van der Waals surface area contributed by atoms with Gasteiger partial charge >= 0.3 is 6.03 Å². The zero-order chi connectivity index (χ0) is 23.1. The van der Waals surface area contributed by atoms with Gasteiger partial charge < -0.3 is 11.5 Å². The third-order valence-electron chi connectivity index (χ3n) is 4.41. The van der Waals surface area contributed by atoms with Crippen LogP contribution in [0.3, 0.4) is 0 Å². The third kappa shape index (κ3) is 5.76. The van der Waals surface area contributed by atoms with E-state index >= 15 is 0 Å². The standard InChI is InChI=1S/C13H14N4.C10H8N2O3/c1-9-8-11(15)4-7-13(9)17-16-12-5-2-10(14)3-6-12;13-8-6-9(14)12(10(15)11-8)7-4-2-1-3-5-7/h2-8H,14-15H2,1H3;1-5H,6H2,(H,11,13,15)/b17-16+;. The van der Waals surface area contributed by atoms with E-state index < -0.39 is 17.8 Å². The molecule has 1 fully saturated rings. The Morgan fingerprint density at radius 2 is 1.50 bits per heavy atom. The van der Waals surface area contributed by atoms with Crippen LogP contribution >= 0.6 is 0 Å². The first-order valence-corrected chi connectivity index (χ1v) is 9.68. The number of aryl methyl sites for hydroxylation is 1. The number of rotatable bonds is 3. The average Bonchev–Trinajstić information content (AvgIpc) is 2.75. The van der Waals surface area contributed by atoms with Gasteiger partial charge in [-0.2, -0.15) is 10.2 Å². The molecule has 3 aromatic rings. The Balaban J connectivity index is 0.000000182. The van der Waals surface area contributed by atoms with E-state index in [1.54, 1.807) is 42.5 Å². The molecule has 1 aliphatic rings. The van der Waals surface area contributed by atoms with Crippen molar-refractivity contribution in [3.8, 4) is 0 Å². The number of nitrogen functional groups attached to an aromatic ring is 2. The molecule has 0 unspecified atom stereocenters. The number of benzene rings is 3. The van der Waals surface area contributed by atoms with Crippen molar-refractivity contribution in [1.82, 2.24) is 5.32 Å². The molecule has 4 rings (SSSR count). The minimum absolute atomic E-state index is 0.291. The van der Waals surface area contributed by atoms with Gasteiger partial charge in [0.2, 0.25) is 11.8 Å². The van der Waals surface area contributed by atoms with E-state index in [9.17, 15) is 14.4 Å². The van der Waals surface area contributed by atoms with Crippen LogP contribution in [-0.4, -0.2) is 17.8 Å². The third-order valence-corrected chi connectivity index (χ3v) is 4.41. The number of para-hydroxylation sites is 1. The summed E-state index contributed by atoms with van der Waals surface area (Å²) in [5, 5.41) is 10.4. The zero-order valence-electron chi connectivity index (χ0n) is 17.4. The van der Waals surface area contributed by atoms with E-state index in [0.717, 1.165) is 27.5 Å². The van der Waals surface area contributed by atoms with Crippen LogP contribution in [0, 0.1) is 6.92 Å². The van der Waals surface area contributed by atoms with Crippen molar-refractivity contribution in [3.63, 3.8) is 0 Å². The largest absolute Gasteiger partial charge is 0.399 e. The van der Waals surface area contributed by atoms with Crippen molar-refractivity contribution in [1.29, 1.82) is 0 Å². The van der Waals surface area contributed by atoms with Crippen LogP contribution in [-0.2, 0) is 9.59 Å². The van der Waals surface area contributed by atoms with Crippen molar-refractivity contribution in [2.24, 2.45) is 10.2 Å². The van der Waals surface area contributed by atoms with Crippen LogP contribution in [0.5, 0.6) is 0 Å². The Morgan fingerprint density at radius 1 is 0.844 bits per heavy atom. The van der Waals surface area contributed by atoms with E-state index in [1.165, 1.54) is 0 Å². The first-order chi connectivity index (χ1) is 15.3. The summed E-state index contributed by atoms with van der Waals surface area (Å²) < 4.78 is 0. The van der Waals surface area contributed by atoms with Gasteiger partial charge in [-0.3, -0.25) is 14.9 Å². The fourth-order valence-corrected chi connectivity index (χ4v) is 2.83. The molecule has 0 saturated carbocycles. The predicted octanol–water partition coefficient (Wildman–Crippen LogP) is 4.23. The Morgan fingerprint density at radius 3 is 2.12 bits per heavy atom. The molecule has 0 aromatic heterocycles. The highest BCUT2D eigenvalue weighted by Crippen LogP contribution is 2.24. The maximum Gasteiger partial charge on any atom is 0.335 e. The van der Waals surface area contributed by atoms with Crippen molar-refractivity contribution in [3.05, 3.63) is 78.4 Å². The molecular weight excluding hydrogens is 408 g/mol. The highest BCUT2D eigenvalue weighted by molar-refractivity contribution is 6.26. The molecule has 1 aliphatic heterocycles. The van der Waals surface area contributed by atoms with E-state index in [1.807, 2.05) is 37.3 Å². The Bertz CT molecular complexity index is 1140. The molecule has 0 bridgehead atoms. The number of hydrogen-bond acceptors (Lipinski definition) is 7. The van der Waals surface area contributed by atoms with Gasteiger partial charge in [0.15, 0.2) is 0 Å². The Labute approximate surface area is 184 Å². The summed E-state index contributed by atoms with van der Waals surface area (Å²) in [4.78, 5) is 34.7. The maximum atomic E-state index is 11.5. The molecule has 32 heavy (non-hydrogen) atoms. The molecule has 9 nitrogen and oxygen atoms in total. The smallest absolute Gasteiger partial charge is 0.335 e. The molecular formula is C23H22N6O3. The van der Waals surface area contributed by atoms with Gasteiger partial charge in [0, 0.05) is 11.4 Å². The van der Waals surface area contributed by atoms with Crippen molar-refractivity contribution in [2.75, 3.05) is 16.4 Å². The highest BCUT2D eigenvalue weighted by Gasteiger charge is 2.31. The van der Waals surface area contributed by atoms with Crippen LogP contribution in [0.4, 0.5) is 33.2 Å². The number of nitrogens with zero attached hydrogens (tertiary/aromatic N) is 3. The quantitative estimate of drug-likeness (QED) is 0.323. The van der Waals surface area contributed by atoms with Gasteiger partial charge in [-0.05, 0) is 67.1 Å². The Hall–Kier alpha value is -4.53. The van der Waals surface area contributed by atoms with E-state index in [-0.39, 0.29) is 6.42 Å². The number of nitrogens with two attached hydrogens (primary N) is 2. The lowest BCUT2D eigenvalue weighted by molar-refractivity contribution is -0.128. The number of urea groups is 1. The summed E-state index contributed by atoms with van der Waals surface area (Å²) in [7, 11) is 0. The van der Waals surface area contributed by atoms with Crippen LogP contribution in [0.15, 0.2) is 83.0 Å². The number of barbiturate groups is 1. The second kappa shape index (κ2) is 9.98. The molecule has 162 valence electrons. The predicted molar refractivity (Wildman–Crippen MR) is 123 cm³/mol. The normalized spacial score (nSPS) is 13.5. The minimum Gasteiger partial charge on any atom is -0.399 e. The molecule has 0 radical (unpaired) electrons.